The lowest BCUT2D eigenvalue weighted by atomic mass is 9.93. The Kier molecular flexibility index (Phi) is 4.72. The predicted molar refractivity (Wildman–Crippen MR) is 79.9 cm³/mol. The molecule has 0 aromatic carbocycles. The maximum absolute atomic E-state index is 12.5. The summed E-state index contributed by atoms with van der Waals surface area (Å²) in [7, 11) is -3.37. The molecule has 1 fully saturated rings. The molecule has 1 aliphatic rings. The van der Waals surface area contributed by atoms with Gasteiger partial charge in [-0.25, -0.2) is 8.42 Å². The van der Waals surface area contributed by atoms with E-state index in [1.54, 1.807) is 13.0 Å². The van der Waals surface area contributed by atoms with Crippen LogP contribution in [0.1, 0.15) is 25.3 Å². The number of aliphatic hydroxyl groups excluding tert-OH is 1. The van der Waals surface area contributed by atoms with Crippen molar-refractivity contribution in [3.63, 3.8) is 0 Å². The van der Waals surface area contributed by atoms with Crippen LogP contribution in [0.4, 0.5) is 0 Å². The third-order valence-electron chi connectivity index (χ3n) is 3.61. The van der Waals surface area contributed by atoms with E-state index in [4.69, 9.17) is 0 Å². The zero-order chi connectivity index (χ0) is 14.2. The van der Waals surface area contributed by atoms with E-state index in [1.165, 1.54) is 15.6 Å². The number of piperidine rings is 1. The summed E-state index contributed by atoms with van der Waals surface area (Å²) in [4.78, 5) is 0. The summed E-state index contributed by atoms with van der Waals surface area (Å²) in [5.74, 6) is 0.211. The van der Waals surface area contributed by atoms with Gasteiger partial charge in [0.15, 0.2) is 0 Å². The van der Waals surface area contributed by atoms with Crippen LogP contribution in [-0.2, 0) is 10.0 Å². The number of halogens is 1. The minimum absolute atomic E-state index is 0.211. The van der Waals surface area contributed by atoms with Crippen molar-refractivity contribution in [2.24, 2.45) is 5.92 Å². The van der Waals surface area contributed by atoms with Gasteiger partial charge in [0.05, 0.1) is 9.89 Å². The van der Waals surface area contributed by atoms with Crippen LogP contribution in [0.3, 0.4) is 0 Å². The van der Waals surface area contributed by atoms with Gasteiger partial charge in [0.1, 0.15) is 4.21 Å². The highest BCUT2D eigenvalue weighted by molar-refractivity contribution is 9.11. The van der Waals surface area contributed by atoms with Crippen LogP contribution in [0.25, 0.3) is 0 Å². The van der Waals surface area contributed by atoms with Gasteiger partial charge in [-0.2, -0.15) is 4.31 Å². The average molecular weight is 368 g/mol. The molecule has 1 aromatic rings. The molecule has 0 radical (unpaired) electrons. The van der Waals surface area contributed by atoms with E-state index in [-0.39, 0.29) is 12.0 Å². The van der Waals surface area contributed by atoms with Crippen LogP contribution in [-0.4, -0.2) is 37.0 Å². The lowest BCUT2D eigenvalue weighted by Gasteiger charge is -2.32. The lowest BCUT2D eigenvalue weighted by Crippen LogP contribution is -2.40. The van der Waals surface area contributed by atoms with E-state index < -0.39 is 10.0 Å². The van der Waals surface area contributed by atoms with Gasteiger partial charge in [0.2, 0.25) is 0 Å². The molecule has 0 aliphatic carbocycles. The molecule has 1 aliphatic heterocycles. The number of hydrogen-bond acceptors (Lipinski definition) is 4. The minimum Gasteiger partial charge on any atom is -0.393 e. The van der Waals surface area contributed by atoms with E-state index in [0.717, 1.165) is 22.2 Å². The van der Waals surface area contributed by atoms with Crippen LogP contribution < -0.4 is 0 Å². The Labute approximate surface area is 126 Å². The lowest BCUT2D eigenvalue weighted by molar-refractivity contribution is 0.0912. The van der Waals surface area contributed by atoms with Crippen LogP contribution in [0.5, 0.6) is 0 Å². The Hall–Kier alpha value is 0.0500. The van der Waals surface area contributed by atoms with Crippen molar-refractivity contribution in [1.82, 2.24) is 4.31 Å². The number of rotatable bonds is 3. The summed E-state index contributed by atoms with van der Waals surface area (Å²) >= 11 is 4.62. The molecule has 4 nitrogen and oxygen atoms in total. The van der Waals surface area contributed by atoms with Crippen molar-refractivity contribution in [3.05, 3.63) is 15.4 Å². The molecule has 19 heavy (non-hydrogen) atoms. The SMILES string of the molecule is Cc1cc(S(=O)(=O)N2CCC(C(C)O)CC2)sc1Br. The molecule has 108 valence electrons. The molecule has 1 atom stereocenters. The van der Waals surface area contributed by atoms with E-state index in [1.807, 2.05) is 6.92 Å². The molecule has 2 rings (SSSR count). The second-order valence-corrected chi connectivity index (χ2v) is 9.54. The third-order valence-corrected chi connectivity index (χ3v) is 8.09. The van der Waals surface area contributed by atoms with Gasteiger partial charge >= 0.3 is 0 Å². The van der Waals surface area contributed by atoms with Gasteiger partial charge < -0.3 is 5.11 Å². The highest BCUT2D eigenvalue weighted by Crippen LogP contribution is 2.34. The molecule has 0 bridgehead atoms. The van der Waals surface area contributed by atoms with Crippen molar-refractivity contribution < 1.29 is 13.5 Å². The fourth-order valence-electron chi connectivity index (χ4n) is 2.28. The van der Waals surface area contributed by atoms with Crippen molar-refractivity contribution in [2.45, 2.75) is 37.0 Å². The van der Waals surface area contributed by atoms with Gasteiger partial charge in [-0.3, -0.25) is 0 Å². The van der Waals surface area contributed by atoms with Gasteiger partial charge in [-0.15, -0.1) is 11.3 Å². The fraction of sp³-hybridized carbons (Fsp3) is 0.667. The smallest absolute Gasteiger partial charge is 0.252 e. The molecule has 1 N–H and O–H groups in total. The molecule has 2 heterocycles. The number of aliphatic hydroxyl groups is 1. The average Bonchev–Trinajstić information content (AvgIpc) is 2.70. The van der Waals surface area contributed by atoms with Gasteiger partial charge in [-0.05, 0) is 60.2 Å². The zero-order valence-corrected chi connectivity index (χ0v) is 14.2. The van der Waals surface area contributed by atoms with Crippen molar-refractivity contribution in [3.8, 4) is 0 Å². The summed E-state index contributed by atoms with van der Waals surface area (Å²) < 4.78 is 27.8. The third kappa shape index (κ3) is 3.21. The Morgan fingerprint density at radius 1 is 1.47 bits per heavy atom. The van der Waals surface area contributed by atoms with Crippen LogP contribution in [0.2, 0.25) is 0 Å². The van der Waals surface area contributed by atoms with Gasteiger partial charge in [-0.1, -0.05) is 0 Å². The quantitative estimate of drug-likeness (QED) is 0.892. The molecular weight excluding hydrogens is 350 g/mol. The highest BCUT2D eigenvalue weighted by Gasteiger charge is 2.32. The van der Waals surface area contributed by atoms with Gasteiger partial charge in [0.25, 0.3) is 10.0 Å². The number of hydrogen-bond donors (Lipinski definition) is 1. The van der Waals surface area contributed by atoms with Crippen molar-refractivity contribution in [1.29, 1.82) is 0 Å². The summed E-state index contributed by atoms with van der Waals surface area (Å²) in [6, 6.07) is 1.71. The molecule has 1 saturated heterocycles. The first-order chi connectivity index (χ1) is 8.82. The minimum atomic E-state index is -3.37. The van der Waals surface area contributed by atoms with E-state index in [9.17, 15) is 13.5 Å². The summed E-state index contributed by atoms with van der Waals surface area (Å²) in [5.41, 5.74) is 0.947. The van der Waals surface area contributed by atoms with E-state index in [0.29, 0.717) is 17.3 Å². The molecule has 7 heteroatoms. The summed E-state index contributed by atoms with van der Waals surface area (Å²) in [6.07, 6.45) is 1.09. The standard InChI is InChI=1S/C12H18BrNO3S2/c1-8-7-11(18-12(8)13)19(16,17)14-5-3-10(4-6-14)9(2)15/h7,9-10,15H,3-6H2,1-2H3. The van der Waals surface area contributed by atoms with E-state index in [2.05, 4.69) is 15.9 Å². The Morgan fingerprint density at radius 2 is 2.05 bits per heavy atom. The first-order valence-corrected chi connectivity index (χ1v) is 9.31. The summed E-state index contributed by atoms with van der Waals surface area (Å²) in [6.45, 7) is 4.65. The van der Waals surface area contributed by atoms with Crippen LogP contribution in [0, 0.1) is 12.8 Å². The molecular formula is C12H18BrNO3S2. The summed E-state index contributed by atoms with van der Waals surface area (Å²) in [5, 5.41) is 9.55. The molecule has 1 aromatic heterocycles. The first-order valence-electron chi connectivity index (χ1n) is 6.26. The second kappa shape index (κ2) is 5.81. The van der Waals surface area contributed by atoms with Crippen LogP contribution in [0.15, 0.2) is 14.1 Å². The second-order valence-electron chi connectivity index (χ2n) is 5.00. The highest BCUT2D eigenvalue weighted by atomic mass is 79.9. The fourth-order valence-corrected chi connectivity index (χ4v) is 6.14. The molecule has 0 saturated carbocycles. The van der Waals surface area contributed by atoms with Crippen molar-refractivity contribution >= 4 is 37.3 Å². The van der Waals surface area contributed by atoms with E-state index >= 15 is 0 Å². The molecule has 1 unspecified atom stereocenters. The maximum Gasteiger partial charge on any atom is 0.252 e. The van der Waals surface area contributed by atoms with Crippen LogP contribution >= 0.6 is 27.3 Å². The number of nitrogens with zero attached hydrogens (tertiary/aromatic N) is 1. The number of thiophene rings is 1. The normalized spacial score (nSPS) is 20.6. The molecule has 0 amide bonds. The number of aryl methyl sites for hydroxylation is 1. The maximum atomic E-state index is 12.5. The first kappa shape index (κ1) is 15.4. The predicted octanol–water partition coefficient (Wildman–Crippen LogP) is 2.60. The number of sulfonamides is 1. The topological polar surface area (TPSA) is 57.6 Å². The van der Waals surface area contributed by atoms with Gasteiger partial charge in [0, 0.05) is 13.1 Å². The largest absolute Gasteiger partial charge is 0.393 e. The zero-order valence-electron chi connectivity index (χ0n) is 11.0. The molecule has 0 spiro atoms. The Bertz CT molecular complexity index is 526. The Morgan fingerprint density at radius 3 is 2.47 bits per heavy atom. The Balaban J connectivity index is 2.14. The monoisotopic (exact) mass is 367 g/mol. The van der Waals surface area contributed by atoms with Crippen molar-refractivity contribution in [2.75, 3.05) is 13.1 Å².